The average molecular weight is 316 g/mol. The first-order valence-electron chi connectivity index (χ1n) is 8.17. The number of ether oxygens (including phenoxy) is 2. The molecule has 1 aliphatic heterocycles. The summed E-state index contributed by atoms with van der Waals surface area (Å²) in [5.41, 5.74) is 0.251. The first kappa shape index (κ1) is 16.2. The lowest BCUT2D eigenvalue weighted by Crippen LogP contribution is -2.46. The van der Waals surface area contributed by atoms with E-state index in [2.05, 4.69) is 6.08 Å². The number of aliphatic hydroxyl groups is 1. The van der Waals surface area contributed by atoms with Gasteiger partial charge in [0, 0.05) is 12.3 Å². The standard InChI is InChI=1S/C19H24O4/c1-18(2)16-9-8-14(12-19(16,21)17(20)23-18)10-11-22-13-15-6-4-3-5-7-15/h3-8,16,21H,9-13H2,1-2H3/t16-,19+/m1/s1. The van der Waals surface area contributed by atoms with Crippen LogP contribution in [0.2, 0.25) is 0 Å². The maximum Gasteiger partial charge on any atom is 0.339 e. The number of carbonyl (C=O) groups excluding carboxylic acids is 1. The zero-order chi connectivity index (χ0) is 16.5. The van der Waals surface area contributed by atoms with Gasteiger partial charge in [-0.2, -0.15) is 0 Å². The Balaban J connectivity index is 1.53. The van der Waals surface area contributed by atoms with Crippen molar-refractivity contribution in [2.75, 3.05) is 6.61 Å². The van der Waals surface area contributed by atoms with Gasteiger partial charge in [-0.25, -0.2) is 4.79 Å². The molecule has 1 fully saturated rings. The lowest BCUT2D eigenvalue weighted by atomic mass is 9.70. The second kappa shape index (κ2) is 6.10. The van der Waals surface area contributed by atoms with Gasteiger partial charge in [0.15, 0.2) is 5.60 Å². The predicted molar refractivity (Wildman–Crippen MR) is 86.6 cm³/mol. The van der Waals surface area contributed by atoms with Crippen LogP contribution in [-0.2, 0) is 20.9 Å². The molecule has 0 saturated carbocycles. The molecule has 1 N–H and O–H groups in total. The van der Waals surface area contributed by atoms with Crippen LogP contribution in [0.3, 0.4) is 0 Å². The summed E-state index contributed by atoms with van der Waals surface area (Å²) in [5, 5.41) is 10.8. The molecule has 2 aliphatic rings. The number of cyclic esters (lactones) is 1. The van der Waals surface area contributed by atoms with Gasteiger partial charge in [0.05, 0.1) is 13.2 Å². The summed E-state index contributed by atoms with van der Waals surface area (Å²) < 4.78 is 11.1. The number of esters is 1. The van der Waals surface area contributed by atoms with Crippen molar-refractivity contribution in [3.05, 3.63) is 47.5 Å². The molecule has 1 aromatic carbocycles. The van der Waals surface area contributed by atoms with Crippen LogP contribution < -0.4 is 0 Å². The lowest BCUT2D eigenvalue weighted by molar-refractivity contribution is -0.157. The summed E-state index contributed by atoms with van der Waals surface area (Å²) in [5.74, 6) is -0.653. The van der Waals surface area contributed by atoms with E-state index in [9.17, 15) is 9.90 Å². The Bertz CT molecular complexity index is 605. The number of rotatable bonds is 5. The fourth-order valence-corrected chi connectivity index (χ4v) is 3.65. The number of benzene rings is 1. The fraction of sp³-hybridized carbons (Fsp3) is 0.526. The van der Waals surface area contributed by atoms with Gasteiger partial charge in [-0.15, -0.1) is 0 Å². The maximum atomic E-state index is 12.1. The van der Waals surface area contributed by atoms with E-state index < -0.39 is 17.2 Å². The van der Waals surface area contributed by atoms with Gasteiger partial charge in [0.25, 0.3) is 0 Å². The molecule has 3 rings (SSSR count). The molecule has 4 nitrogen and oxygen atoms in total. The fourth-order valence-electron chi connectivity index (χ4n) is 3.65. The zero-order valence-electron chi connectivity index (χ0n) is 13.7. The third kappa shape index (κ3) is 3.19. The Morgan fingerprint density at radius 3 is 2.78 bits per heavy atom. The van der Waals surface area contributed by atoms with Gasteiger partial charge in [-0.1, -0.05) is 42.0 Å². The minimum Gasteiger partial charge on any atom is -0.457 e. The molecular weight excluding hydrogens is 292 g/mol. The van der Waals surface area contributed by atoms with Gasteiger partial charge >= 0.3 is 5.97 Å². The van der Waals surface area contributed by atoms with Gasteiger partial charge in [-0.3, -0.25) is 0 Å². The van der Waals surface area contributed by atoms with E-state index in [1.807, 2.05) is 44.2 Å². The van der Waals surface area contributed by atoms with Crippen LogP contribution in [0.4, 0.5) is 0 Å². The van der Waals surface area contributed by atoms with E-state index in [-0.39, 0.29) is 5.92 Å². The molecule has 1 aromatic rings. The van der Waals surface area contributed by atoms with Crippen molar-refractivity contribution in [3.63, 3.8) is 0 Å². The third-order valence-electron chi connectivity index (χ3n) is 4.94. The average Bonchev–Trinajstić information content (AvgIpc) is 2.69. The van der Waals surface area contributed by atoms with E-state index in [1.54, 1.807) is 0 Å². The largest absolute Gasteiger partial charge is 0.457 e. The minimum atomic E-state index is -1.37. The summed E-state index contributed by atoms with van der Waals surface area (Å²) in [4.78, 5) is 12.1. The van der Waals surface area contributed by atoms with Crippen LogP contribution in [-0.4, -0.2) is 28.9 Å². The molecular formula is C19H24O4. The molecule has 0 aromatic heterocycles. The van der Waals surface area contributed by atoms with Crippen molar-refractivity contribution in [2.24, 2.45) is 5.92 Å². The van der Waals surface area contributed by atoms with E-state index in [0.717, 1.165) is 17.6 Å². The molecule has 23 heavy (non-hydrogen) atoms. The number of hydrogen-bond donors (Lipinski definition) is 1. The molecule has 0 unspecified atom stereocenters. The lowest BCUT2D eigenvalue weighted by Gasteiger charge is -2.34. The Hall–Kier alpha value is -1.65. The Kier molecular flexibility index (Phi) is 4.30. The van der Waals surface area contributed by atoms with Crippen LogP contribution in [0.15, 0.2) is 42.0 Å². The van der Waals surface area contributed by atoms with Crippen molar-refractivity contribution in [3.8, 4) is 0 Å². The monoisotopic (exact) mass is 316 g/mol. The molecule has 0 amide bonds. The van der Waals surface area contributed by atoms with E-state index >= 15 is 0 Å². The third-order valence-corrected chi connectivity index (χ3v) is 4.94. The number of allylic oxidation sites excluding steroid dienone is 1. The second-order valence-corrected chi connectivity index (χ2v) is 7.03. The van der Waals surface area contributed by atoms with Crippen LogP contribution in [0, 0.1) is 5.92 Å². The first-order chi connectivity index (χ1) is 10.9. The van der Waals surface area contributed by atoms with E-state index in [1.165, 1.54) is 0 Å². The van der Waals surface area contributed by atoms with Gasteiger partial charge in [0.1, 0.15) is 5.60 Å². The van der Waals surface area contributed by atoms with Crippen molar-refractivity contribution in [1.82, 2.24) is 0 Å². The maximum absolute atomic E-state index is 12.1. The van der Waals surface area contributed by atoms with Crippen molar-refractivity contribution in [1.29, 1.82) is 0 Å². The normalized spacial score (nSPS) is 28.9. The van der Waals surface area contributed by atoms with Crippen LogP contribution in [0.25, 0.3) is 0 Å². The summed E-state index contributed by atoms with van der Waals surface area (Å²) in [6.07, 6.45) is 3.89. The predicted octanol–water partition coefficient (Wildman–Crippen LogP) is 3.00. The molecule has 2 atom stereocenters. The van der Waals surface area contributed by atoms with Crippen molar-refractivity contribution >= 4 is 5.97 Å². The quantitative estimate of drug-likeness (QED) is 0.515. The summed E-state index contributed by atoms with van der Waals surface area (Å²) in [6, 6.07) is 10.0. The van der Waals surface area contributed by atoms with E-state index in [4.69, 9.17) is 9.47 Å². The molecule has 0 bridgehead atoms. The zero-order valence-corrected chi connectivity index (χ0v) is 13.7. The SMILES string of the molecule is CC1(C)OC(=O)[C@]2(O)CC(CCOCc3ccccc3)=CC[C@H]12. The van der Waals surface area contributed by atoms with Crippen molar-refractivity contribution < 1.29 is 19.4 Å². The Labute approximate surface area is 137 Å². The second-order valence-electron chi connectivity index (χ2n) is 7.03. The van der Waals surface area contributed by atoms with Gasteiger partial charge < -0.3 is 14.6 Å². The molecule has 1 aliphatic carbocycles. The Morgan fingerprint density at radius 2 is 2.04 bits per heavy atom. The van der Waals surface area contributed by atoms with Crippen molar-refractivity contribution in [2.45, 2.75) is 50.9 Å². The van der Waals surface area contributed by atoms with Crippen LogP contribution in [0.1, 0.15) is 38.7 Å². The molecule has 0 spiro atoms. The topological polar surface area (TPSA) is 55.8 Å². The summed E-state index contributed by atoms with van der Waals surface area (Å²) >= 11 is 0. The van der Waals surface area contributed by atoms with Gasteiger partial charge in [0.2, 0.25) is 0 Å². The highest BCUT2D eigenvalue weighted by Gasteiger charge is 2.60. The highest BCUT2D eigenvalue weighted by molar-refractivity contribution is 5.83. The molecule has 4 heteroatoms. The molecule has 1 saturated heterocycles. The van der Waals surface area contributed by atoms with Gasteiger partial charge in [-0.05, 0) is 32.3 Å². The van der Waals surface area contributed by atoms with E-state index in [0.29, 0.717) is 26.1 Å². The number of hydrogen-bond acceptors (Lipinski definition) is 4. The smallest absolute Gasteiger partial charge is 0.339 e. The van der Waals surface area contributed by atoms with Crippen LogP contribution >= 0.6 is 0 Å². The minimum absolute atomic E-state index is 0.170. The molecule has 124 valence electrons. The number of fused-ring (bicyclic) bond motifs is 1. The highest BCUT2D eigenvalue weighted by Crippen LogP contribution is 2.48. The molecule has 1 heterocycles. The van der Waals surface area contributed by atoms with Crippen LogP contribution in [0.5, 0.6) is 0 Å². The highest BCUT2D eigenvalue weighted by atomic mass is 16.6. The molecule has 0 radical (unpaired) electrons. The first-order valence-corrected chi connectivity index (χ1v) is 8.17. The number of carbonyl (C=O) groups is 1. The summed E-state index contributed by atoms with van der Waals surface area (Å²) in [6.45, 7) is 4.90. The Morgan fingerprint density at radius 1 is 1.30 bits per heavy atom. The summed E-state index contributed by atoms with van der Waals surface area (Å²) in [7, 11) is 0.